The van der Waals surface area contributed by atoms with E-state index in [2.05, 4.69) is 4.98 Å². The smallest absolute Gasteiger partial charge is 0.145 e. The van der Waals surface area contributed by atoms with Crippen LogP contribution in [0.25, 0.3) is 10.2 Å². The van der Waals surface area contributed by atoms with Gasteiger partial charge in [0.25, 0.3) is 0 Å². The summed E-state index contributed by atoms with van der Waals surface area (Å²) in [5.74, 6) is 0.710. The topological polar surface area (TPSA) is 57.4 Å². The van der Waals surface area contributed by atoms with Gasteiger partial charge in [0.05, 0.1) is 23.4 Å². The molecule has 1 aliphatic rings. The van der Waals surface area contributed by atoms with Gasteiger partial charge in [-0.1, -0.05) is 0 Å². The van der Waals surface area contributed by atoms with E-state index in [1.165, 1.54) is 0 Å². The number of ether oxygens (including phenoxy) is 2. The minimum Gasteiger partial charge on any atom is -0.483 e. The van der Waals surface area contributed by atoms with Crippen LogP contribution >= 0.6 is 11.3 Å². The molecule has 0 aliphatic carbocycles. The number of rotatable bonds is 2. The number of thiazole rings is 1. The van der Waals surface area contributed by atoms with Crippen LogP contribution in [0.4, 0.5) is 5.69 Å². The van der Waals surface area contributed by atoms with Crippen molar-refractivity contribution >= 4 is 27.2 Å². The molecule has 1 fully saturated rings. The molecule has 78 valence electrons. The van der Waals surface area contributed by atoms with Crippen LogP contribution in [0.2, 0.25) is 0 Å². The molecule has 15 heavy (non-hydrogen) atoms. The van der Waals surface area contributed by atoms with Crippen molar-refractivity contribution in [1.82, 2.24) is 4.98 Å². The van der Waals surface area contributed by atoms with Crippen LogP contribution in [0.5, 0.6) is 5.75 Å². The summed E-state index contributed by atoms with van der Waals surface area (Å²) in [5, 5.41) is 0. The fourth-order valence-electron chi connectivity index (χ4n) is 1.50. The summed E-state index contributed by atoms with van der Waals surface area (Å²) in [6.07, 6.45) is 0.142. The number of fused-ring (bicyclic) bond motifs is 1. The fourth-order valence-corrected chi connectivity index (χ4v) is 2.19. The molecule has 0 radical (unpaired) electrons. The molecule has 0 atom stereocenters. The minimum absolute atomic E-state index is 0.142. The lowest BCUT2D eigenvalue weighted by molar-refractivity contribution is -0.0793. The van der Waals surface area contributed by atoms with Gasteiger partial charge in [-0.25, -0.2) is 4.98 Å². The number of nitrogens with two attached hydrogens (primary N) is 1. The molecule has 1 saturated heterocycles. The number of anilines is 1. The average molecular weight is 222 g/mol. The summed E-state index contributed by atoms with van der Waals surface area (Å²) in [4.78, 5) is 4.21. The van der Waals surface area contributed by atoms with E-state index in [0.29, 0.717) is 24.7 Å². The lowest BCUT2D eigenvalue weighted by Crippen LogP contribution is -2.38. The highest BCUT2D eigenvalue weighted by Gasteiger charge is 2.21. The first-order valence-corrected chi connectivity index (χ1v) is 5.58. The van der Waals surface area contributed by atoms with Gasteiger partial charge in [-0.2, -0.15) is 0 Å². The summed E-state index contributed by atoms with van der Waals surface area (Å²) < 4.78 is 11.8. The Bertz CT molecular complexity index is 493. The van der Waals surface area contributed by atoms with Crippen molar-refractivity contribution in [3.8, 4) is 5.75 Å². The first kappa shape index (κ1) is 8.94. The van der Waals surface area contributed by atoms with Gasteiger partial charge < -0.3 is 15.2 Å². The van der Waals surface area contributed by atoms with Gasteiger partial charge in [0, 0.05) is 0 Å². The summed E-state index contributed by atoms with van der Waals surface area (Å²) in [6, 6.07) is 3.88. The predicted molar refractivity (Wildman–Crippen MR) is 59.3 cm³/mol. The largest absolute Gasteiger partial charge is 0.483 e. The van der Waals surface area contributed by atoms with Crippen LogP contribution < -0.4 is 10.5 Å². The quantitative estimate of drug-likeness (QED) is 0.785. The van der Waals surface area contributed by atoms with Crippen LogP contribution in [0.15, 0.2) is 17.6 Å². The third-order valence-electron chi connectivity index (χ3n) is 2.40. The highest BCUT2D eigenvalue weighted by molar-refractivity contribution is 7.16. The molecule has 2 N–H and O–H groups in total. The van der Waals surface area contributed by atoms with Gasteiger partial charge in [-0.15, -0.1) is 11.3 Å². The van der Waals surface area contributed by atoms with E-state index in [0.717, 1.165) is 10.2 Å². The summed E-state index contributed by atoms with van der Waals surface area (Å²) >= 11 is 1.58. The monoisotopic (exact) mass is 222 g/mol. The van der Waals surface area contributed by atoms with E-state index in [9.17, 15) is 0 Å². The molecule has 0 saturated carbocycles. The number of aromatic nitrogens is 1. The Labute approximate surface area is 90.6 Å². The highest BCUT2D eigenvalue weighted by Crippen LogP contribution is 2.32. The Morgan fingerprint density at radius 2 is 2.33 bits per heavy atom. The van der Waals surface area contributed by atoms with E-state index in [1.807, 2.05) is 12.1 Å². The van der Waals surface area contributed by atoms with E-state index < -0.39 is 0 Å². The molecular formula is C10H10N2O2S. The van der Waals surface area contributed by atoms with Crippen molar-refractivity contribution in [3.05, 3.63) is 17.6 Å². The normalized spacial score (nSPS) is 16.5. The van der Waals surface area contributed by atoms with Gasteiger partial charge in [0.15, 0.2) is 0 Å². The predicted octanol–water partition coefficient (Wildman–Crippen LogP) is 1.66. The zero-order valence-electron chi connectivity index (χ0n) is 7.97. The first-order valence-electron chi connectivity index (χ1n) is 4.70. The Hall–Kier alpha value is -1.33. The summed E-state index contributed by atoms with van der Waals surface area (Å²) in [7, 11) is 0. The zero-order valence-corrected chi connectivity index (χ0v) is 8.79. The fraction of sp³-hybridized carbons (Fsp3) is 0.300. The van der Waals surface area contributed by atoms with Gasteiger partial charge in [0.1, 0.15) is 23.1 Å². The second-order valence-electron chi connectivity index (χ2n) is 3.45. The lowest BCUT2D eigenvalue weighted by atomic mass is 10.2. The van der Waals surface area contributed by atoms with Crippen molar-refractivity contribution in [3.63, 3.8) is 0 Å². The van der Waals surface area contributed by atoms with E-state index in [-0.39, 0.29) is 6.10 Å². The maximum absolute atomic E-state index is 5.97. The lowest BCUT2D eigenvalue weighted by Gasteiger charge is -2.27. The Balaban J connectivity index is 1.98. The summed E-state index contributed by atoms with van der Waals surface area (Å²) in [6.45, 7) is 1.29. The number of nitrogen functional groups attached to an aromatic ring is 1. The van der Waals surface area contributed by atoms with Gasteiger partial charge in [-0.3, -0.25) is 0 Å². The van der Waals surface area contributed by atoms with Crippen LogP contribution in [0, 0.1) is 0 Å². The van der Waals surface area contributed by atoms with Crippen LogP contribution in [0.1, 0.15) is 0 Å². The Morgan fingerprint density at radius 3 is 3.07 bits per heavy atom. The number of benzene rings is 1. The second-order valence-corrected chi connectivity index (χ2v) is 4.34. The summed E-state index contributed by atoms with van der Waals surface area (Å²) in [5.41, 5.74) is 9.21. The van der Waals surface area contributed by atoms with Crippen molar-refractivity contribution in [1.29, 1.82) is 0 Å². The zero-order chi connectivity index (χ0) is 10.3. The SMILES string of the molecule is Nc1c(OC2COC2)ccc2scnc12. The number of nitrogens with zero attached hydrogens (tertiary/aromatic N) is 1. The second kappa shape index (κ2) is 3.36. The molecule has 1 aromatic heterocycles. The standard InChI is InChI=1S/C10H10N2O2S/c11-9-7(14-6-3-13-4-6)1-2-8-10(9)12-5-15-8/h1-2,5-6H,3-4,11H2. The molecule has 0 unspecified atom stereocenters. The first-order chi connectivity index (χ1) is 7.34. The van der Waals surface area contributed by atoms with Gasteiger partial charge in [0.2, 0.25) is 0 Å². The average Bonchev–Trinajstić information content (AvgIpc) is 2.62. The van der Waals surface area contributed by atoms with Crippen LogP contribution in [-0.2, 0) is 4.74 Å². The molecule has 0 bridgehead atoms. The van der Waals surface area contributed by atoms with Gasteiger partial charge >= 0.3 is 0 Å². The van der Waals surface area contributed by atoms with E-state index in [4.69, 9.17) is 15.2 Å². The van der Waals surface area contributed by atoms with Crippen LogP contribution in [0.3, 0.4) is 0 Å². The van der Waals surface area contributed by atoms with Crippen molar-refractivity contribution in [2.45, 2.75) is 6.10 Å². The minimum atomic E-state index is 0.142. The van der Waals surface area contributed by atoms with E-state index in [1.54, 1.807) is 16.8 Å². The highest BCUT2D eigenvalue weighted by atomic mass is 32.1. The Kier molecular flexibility index (Phi) is 2.00. The van der Waals surface area contributed by atoms with Crippen molar-refractivity contribution in [2.75, 3.05) is 18.9 Å². The molecule has 4 nitrogen and oxygen atoms in total. The molecular weight excluding hydrogens is 212 g/mol. The third kappa shape index (κ3) is 1.44. The molecule has 0 amide bonds. The number of hydrogen-bond acceptors (Lipinski definition) is 5. The maximum atomic E-state index is 5.97. The molecule has 5 heteroatoms. The van der Waals surface area contributed by atoms with E-state index >= 15 is 0 Å². The number of hydrogen-bond donors (Lipinski definition) is 1. The third-order valence-corrected chi connectivity index (χ3v) is 3.20. The molecule has 3 rings (SSSR count). The molecule has 2 aromatic rings. The van der Waals surface area contributed by atoms with Gasteiger partial charge in [-0.05, 0) is 12.1 Å². The molecule has 1 aromatic carbocycles. The maximum Gasteiger partial charge on any atom is 0.145 e. The van der Waals surface area contributed by atoms with Crippen LogP contribution in [-0.4, -0.2) is 24.3 Å². The molecule has 2 heterocycles. The van der Waals surface area contributed by atoms with Crippen molar-refractivity contribution < 1.29 is 9.47 Å². The Morgan fingerprint density at radius 1 is 1.47 bits per heavy atom. The molecule has 0 spiro atoms. The molecule has 1 aliphatic heterocycles. The van der Waals surface area contributed by atoms with Crippen molar-refractivity contribution in [2.24, 2.45) is 0 Å².